The van der Waals surface area contributed by atoms with Crippen molar-refractivity contribution >= 4 is 29.9 Å². The van der Waals surface area contributed by atoms with E-state index in [0.29, 0.717) is 12.6 Å². The van der Waals surface area contributed by atoms with E-state index in [1.165, 1.54) is 31.5 Å². The molecule has 1 aliphatic heterocycles. The van der Waals surface area contributed by atoms with Crippen molar-refractivity contribution in [1.82, 2.24) is 25.3 Å². The second-order valence-electron chi connectivity index (χ2n) is 6.50. The van der Waals surface area contributed by atoms with Gasteiger partial charge >= 0.3 is 0 Å². The molecule has 0 amide bonds. The molecule has 0 aliphatic carbocycles. The van der Waals surface area contributed by atoms with Crippen molar-refractivity contribution in [2.75, 3.05) is 26.7 Å². The molecule has 26 heavy (non-hydrogen) atoms. The molecule has 2 N–H and O–H groups in total. The molecule has 6 nitrogen and oxygen atoms in total. The quantitative estimate of drug-likeness (QED) is 0.389. The summed E-state index contributed by atoms with van der Waals surface area (Å²) in [5, 5.41) is 11.1. The summed E-state index contributed by atoms with van der Waals surface area (Å²) in [6.45, 7) is 3.90. The summed E-state index contributed by atoms with van der Waals surface area (Å²) in [5.74, 6) is 0.823. The Labute approximate surface area is 173 Å². The molecule has 0 spiro atoms. The average Bonchev–Trinajstić information content (AvgIpc) is 3.31. The highest BCUT2D eigenvalue weighted by molar-refractivity contribution is 14.0. The molecule has 0 radical (unpaired) electrons. The standard InChI is InChI=1S/C19H28N6.HI/c1-20-19(21-12-16-13-23-24(2)15-16)22-14-18(25-10-6-7-11-25)17-8-4-3-5-9-17;/h3-5,8-9,13,15,18H,6-7,10-12,14H2,1-2H3,(H2,20,21,22);1H. The van der Waals surface area contributed by atoms with Crippen LogP contribution in [-0.4, -0.2) is 47.3 Å². The molecule has 1 aromatic heterocycles. The van der Waals surface area contributed by atoms with Crippen LogP contribution in [0.5, 0.6) is 0 Å². The van der Waals surface area contributed by atoms with Crippen LogP contribution in [0.25, 0.3) is 0 Å². The van der Waals surface area contributed by atoms with Gasteiger partial charge in [0.25, 0.3) is 0 Å². The highest BCUT2D eigenvalue weighted by Crippen LogP contribution is 2.24. The molecule has 1 aromatic carbocycles. The number of likely N-dealkylation sites (tertiary alicyclic amines) is 1. The van der Waals surface area contributed by atoms with E-state index in [0.717, 1.165) is 18.1 Å². The molecule has 1 fully saturated rings. The SMILES string of the molecule is CN=C(NCc1cnn(C)c1)NCC(c1ccccc1)N1CCCC1.I. The van der Waals surface area contributed by atoms with Gasteiger partial charge in [-0.15, -0.1) is 24.0 Å². The Morgan fingerprint density at radius 2 is 1.92 bits per heavy atom. The maximum Gasteiger partial charge on any atom is 0.191 e. The minimum Gasteiger partial charge on any atom is -0.354 e. The van der Waals surface area contributed by atoms with Crippen LogP contribution in [0.1, 0.15) is 30.0 Å². The van der Waals surface area contributed by atoms with E-state index in [2.05, 4.69) is 56.0 Å². The zero-order chi connectivity index (χ0) is 17.5. The molecule has 1 saturated heterocycles. The number of benzene rings is 1. The minimum absolute atomic E-state index is 0. The Balaban J connectivity index is 0.00000243. The van der Waals surface area contributed by atoms with Crippen molar-refractivity contribution in [2.45, 2.75) is 25.4 Å². The van der Waals surface area contributed by atoms with Crippen LogP contribution in [0, 0.1) is 0 Å². The lowest BCUT2D eigenvalue weighted by Crippen LogP contribution is -2.42. The highest BCUT2D eigenvalue weighted by Gasteiger charge is 2.23. The number of aliphatic imine (C=N–C) groups is 1. The van der Waals surface area contributed by atoms with Crippen LogP contribution in [0.4, 0.5) is 0 Å². The molecular formula is C19H29IN6. The molecule has 1 aliphatic rings. The lowest BCUT2D eigenvalue weighted by Gasteiger charge is -2.28. The summed E-state index contributed by atoms with van der Waals surface area (Å²) in [7, 11) is 3.74. The summed E-state index contributed by atoms with van der Waals surface area (Å²) >= 11 is 0. The summed E-state index contributed by atoms with van der Waals surface area (Å²) in [6.07, 6.45) is 6.46. The molecule has 0 saturated carbocycles. The number of aryl methyl sites for hydroxylation is 1. The van der Waals surface area contributed by atoms with Gasteiger partial charge in [0.15, 0.2) is 5.96 Å². The van der Waals surface area contributed by atoms with E-state index < -0.39 is 0 Å². The van der Waals surface area contributed by atoms with Crippen molar-refractivity contribution in [2.24, 2.45) is 12.0 Å². The number of nitrogens with zero attached hydrogens (tertiary/aromatic N) is 4. The third kappa shape index (κ3) is 5.70. The fourth-order valence-electron chi connectivity index (χ4n) is 3.35. The summed E-state index contributed by atoms with van der Waals surface area (Å²) in [4.78, 5) is 6.92. The fraction of sp³-hybridized carbons (Fsp3) is 0.474. The van der Waals surface area contributed by atoms with Gasteiger partial charge in [0.05, 0.1) is 12.2 Å². The van der Waals surface area contributed by atoms with Crippen LogP contribution in [-0.2, 0) is 13.6 Å². The van der Waals surface area contributed by atoms with Gasteiger partial charge in [-0.1, -0.05) is 30.3 Å². The zero-order valence-electron chi connectivity index (χ0n) is 15.6. The first-order valence-corrected chi connectivity index (χ1v) is 8.97. The summed E-state index contributed by atoms with van der Waals surface area (Å²) < 4.78 is 1.81. The molecule has 0 bridgehead atoms. The number of halogens is 1. The lowest BCUT2D eigenvalue weighted by atomic mass is 10.1. The first-order chi connectivity index (χ1) is 12.3. The first-order valence-electron chi connectivity index (χ1n) is 8.97. The minimum atomic E-state index is 0. The Kier molecular flexibility index (Phi) is 8.37. The Bertz CT molecular complexity index is 678. The van der Waals surface area contributed by atoms with E-state index in [4.69, 9.17) is 0 Å². The largest absolute Gasteiger partial charge is 0.354 e. The van der Waals surface area contributed by atoms with Crippen LogP contribution >= 0.6 is 24.0 Å². The number of guanidine groups is 1. The third-order valence-corrected chi connectivity index (χ3v) is 4.67. The van der Waals surface area contributed by atoms with Crippen molar-refractivity contribution in [3.63, 3.8) is 0 Å². The van der Waals surface area contributed by atoms with Gasteiger partial charge in [-0.05, 0) is 31.5 Å². The zero-order valence-corrected chi connectivity index (χ0v) is 17.9. The van der Waals surface area contributed by atoms with Gasteiger partial charge in [0, 0.05) is 38.9 Å². The van der Waals surface area contributed by atoms with Gasteiger partial charge in [-0.25, -0.2) is 0 Å². The van der Waals surface area contributed by atoms with Crippen LogP contribution in [0.15, 0.2) is 47.7 Å². The smallest absolute Gasteiger partial charge is 0.191 e. The second-order valence-corrected chi connectivity index (χ2v) is 6.50. The highest BCUT2D eigenvalue weighted by atomic mass is 127. The Morgan fingerprint density at radius 3 is 2.54 bits per heavy atom. The van der Waals surface area contributed by atoms with Gasteiger partial charge in [0.1, 0.15) is 0 Å². The number of rotatable bonds is 6. The van der Waals surface area contributed by atoms with Crippen molar-refractivity contribution in [3.05, 3.63) is 53.9 Å². The van der Waals surface area contributed by atoms with Crippen molar-refractivity contribution in [3.8, 4) is 0 Å². The van der Waals surface area contributed by atoms with E-state index in [9.17, 15) is 0 Å². The summed E-state index contributed by atoms with van der Waals surface area (Å²) in [5.41, 5.74) is 2.50. The molecule has 2 aromatic rings. The lowest BCUT2D eigenvalue weighted by molar-refractivity contribution is 0.245. The molecular weight excluding hydrogens is 439 g/mol. The van der Waals surface area contributed by atoms with Crippen molar-refractivity contribution < 1.29 is 0 Å². The van der Waals surface area contributed by atoms with E-state index in [-0.39, 0.29) is 24.0 Å². The molecule has 142 valence electrons. The molecule has 1 unspecified atom stereocenters. The molecule has 2 heterocycles. The average molecular weight is 468 g/mol. The normalized spacial score (nSPS) is 16.2. The maximum absolute atomic E-state index is 4.35. The van der Waals surface area contributed by atoms with Gasteiger partial charge in [-0.2, -0.15) is 5.10 Å². The van der Waals surface area contributed by atoms with Crippen molar-refractivity contribution in [1.29, 1.82) is 0 Å². The molecule has 1 atom stereocenters. The topological polar surface area (TPSA) is 57.5 Å². The van der Waals surface area contributed by atoms with E-state index >= 15 is 0 Å². The van der Waals surface area contributed by atoms with Gasteiger partial charge in [-0.3, -0.25) is 14.6 Å². The summed E-state index contributed by atoms with van der Waals surface area (Å²) in [6, 6.07) is 11.1. The Hall–Kier alpha value is -1.61. The number of aromatic nitrogens is 2. The fourth-order valence-corrected chi connectivity index (χ4v) is 3.35. The van der Waals surface area contributed by atoms with Gasteiger partial charge < -0.3 is 10.6 Å². The monoisotopic (exact) mass is 468 g/mol. The number of nitrogens with one attached hydrogen (secondary N) is 2. The van der Waals surface area contributed by atoms with Crippen LogP contribution in [0.2, 0.25) is 0 Å². The van der Waals surface area contributed by atoms with E-state index in [1.54, 1.807) is 0 Å². The first kappa shape index (κ1) is 20.7. The number of hydrogen-bond donors (Lipinski definition) is 2. The molecule has 3 rings (SSSR count). The molecule has 7 heteroatoms. The predicted octanol–water partition coefficient (Wildman–Crippen LogP) is 2.54. The third-order valence-electron chi connectivity index (χ3n) is 4.67. The number of hydrogen-bond acceptors (Lipinski definition) is 3. The maximum atomic E-state index is 4.35. The Morgan fingerprint density at radius 1 is 1.19 bits per heavy atom. The predicted molar refractivity (Wildman–Crippen MR) is 117 cm³/mol. The van der Waals surface area contributed by atoms with Crippen LogP contribution < -0.4 is 10.6 Å². The van der Waals surface area contributed by atoms with E-state index in [1.807, 2.05) is 31.2 Å². The van der Waals surface area contributed by atoms with Crippen LogP contribution in [0.3, 0.4) is 0 Å². The second kappa shape index (κ2) is 10.5. The van der Waals surface area contributed by atoms with Gasteiger partial charge in [0.2, 0.25) is 0 Å².